The fraction of sp³-hybridized carbons (Fsp3) is 0.667. The number of nitrogen functional groups attached to an aromatic ring is 1. The van der Waals surface area contributed by atoms with Gasteiger partial charge >= 0.3 is 12.1 Å². The number of rotatable bonds is 3. The van der Waals surface area contributed by atoms with Crippen molar-refractivity contribution in [2.45, 2.75) is 45.3 Å². The number of alkyl carbamates (subject to hydrolysis) is 1. The molecule has 8 nitrogen and oxygen atoms in total. The van der Waals surface area contributed by atoms with E-state index < -0.39 is 17.7 Å². The number of nitrogens with two attached hydrogens (primary N) is 1. The van der Waals surface area contributed by atoms with E-state index in [-0.39, 0.29) is 11.9 Å². The van der Waals surface area contributed by atoms with E-state index in [9.17, 15) is 9.59 Å². The van der Waals surface area contributed by atoms with Crippen LogP contribution >= 0.6 is 11.3 Å². The van der Waals surface area contributed by atoms with Gasteiger partial charge in [0.1, 0.15) is 5.60 Å². The zero-order valence-corrected chi connectivity index (χ0v) is 15.2. The van der Waals surface area contributed by atoms with Crippen molar-refractivity contribution in [2.24, 2.45) is 0 Å². The molecule has 0 bridgehead atoms. The summed E-state index contributed by atoms with van der Waals surface area (Å²) < 4.78 is 9.96. The Balaban J connectivity index is 1.89. The van der Waals surface area contributed by atoms with E-state index in [4.69, 9.17) is 10.5 Å². The molecule has 0 aliphatic carbocycles. The molecule has 2 heterocycles. The van der Waals surface area contributed by atoms with E-state index in [0.29, 0.717) is 23.1 Å². The van der Waals surface area contributed by atoms with Crippen molar-refractivity contribution in [3.63, 3.8) is 0 Å². The van der Waals surface area contributed by atoms with Crippen molar-refractivity contribution in [3.05, 3.63) is 4.88 Å². The standard InChI is InChI=1S/C15H24N4O4S/c1-15(2,3)23-14(21)17-9-5-7-19(8-6-9)13-18-11(16)10(24-13)12(20)22-4/h9H,5-8,16H2,1-4H3,(H,17,21). The van der Waals surface area contributed by atoms with Gasteiger partial charge < -0.3 is 25.4 Å². The molecule has 9 heteroatoms. The third kappa shape index (κ3) is 4.73. The molecule has 3 N–H and O–H groups in total. The first kappa shape index (κ1) is 18.3. The second-order valence-electron chi connectivity index (χ2n) is 6.61. The first-order chi connectivity index (χ1) is 11.2. The number of nitrogens with one attached hydrogen (secondary N) is 1. The van der Waals surface area contributed by atoms with E-state index in [2.05, 4.69) is 19.9 Å². The number of thiazole rings is 1. The van der Waals surface area contributed by atoms with Gasteiger partial charge in [-0.3, -0.25) is 0 Å². The minimum absolute atomic E-state index is 0.0634. The lowest BCUT2D eigenvalue weighted by atomic mass is 10.1. The highest BCUT2D eigenvalue weighted by Crippen LogP contribution is 2.30. The van der Waals surface area contributed by atoms with Crippen molar-refractivity contribution in [2.75, 3.05) is 30.8 Å². The van der Waals surface area contributed by atoms with Crippen molar-refractivity contribution in [1.82, 2.24) is 10.3 Å². The largest absolute Gasteiger partial charge is 0.465 e. The van der Waals surface area contributed by atoms with Crippen LogP contribution in [-0.2, 0) is 9.47 Å². The first-order valence-electron chi connectivity index (χ1n) is 7.78. The predicted octanol–water partition coefficient (Wildman–Crippen LogP) is 2.01. The number of esters is 1. The third-order valence-electron chi connectivity index (χ3n) is 3.50. The zero-order valence-electron chi connectivity index (χ0n) is 14.4. The van der Waals surface area contributed by atoms with Crippen LogP contribution in [0.2, 0.25) is 0 Å². The monoisotopic (exact) mass is 356 g/mol. The number of nitrogens with zero attached hydrogens (tertiary/aromatic N) is 2. The topological polar surface area (TPSA) is 107 Å². The number of carbonyl (C=O) groups is 2. The first-order valence-corrected chi connectivity index (χ1v) is 8.60. The van der Waals surface area contributed by atoms with Crippen LogP contribution in [0.5, 0.6) is 0 Å². The second kappa shape index (κ2) is 7.25. The van der Waals surface area contributed by atoms with Gasteiger partial charge in [0.25, 0.3) is 0 Å². The Labute approximate surface area is 145 Å². The number of ether oxygens (including phenoxy) is 2. The molecule has 1 aromatic heterocycles. The van der Waals surface area contributed by atoms with Gasteiger partial charge in [0, 0.05) is 19.1 Å². The van der Waals surface area contributed by atoms with Gasteiger partial charge in [0.15, 0.2) is 15.8 Å². The summed E-state index contributed by atoms with van der Waals surface area (Å²) in [7, 11) is 1.31. The number of piperidine rings is 1. The van der Waals surface area contributed by atoms with Gasteiger partial charge in [-0.05, 0) is 33.6 Å². The zero-order chi connectivity index (χ0) is 17.9. The number of carbonyl (C=O) groups excluding carboxylic acids is 2. The summed E-state index contributed by atoms with van der Waals surface area (Å²) in [6.45, 7) is 6.94. The summed E-state index contributed by atoms with van der Waals surface area (Å²) in [6.07, 6.45) is 1.14. The van der Waals surface area contributed by atoms with Crippen LogP contribution in [-0.4, -0.2) is 48.9 Å². The van der Waals surface area contributed by atoms with Crippen LogP contribution in [0.25, 0.3) is 0 Å². The molecule has 1 fully saturated rings. The smallest absolute Gasteiger partial charge is 0.407 e. The molecule has 1 aromatic rings. The summed E-state index contributed by atoms with van der Waals surface area (Å²) in [5.41, 5.74) is 5.27. The Morgan fingerprint density at radius 2 is 1.96 bits per heavy atom. The van der Waals surface area contributed by atoms with Gasteiger partial charge in [-0.1, -0.05) is 11.3 Å². The Morgan fingerprint density at radius 1 is 1.33 bits per heavy atom. The van der Waals surface area contributed by atoms with Crippen LogP contribution in [0.3, 0.4) is 0 Å². The van der Waals surface area contributed by atoms with Crippen LogP contribution < -0.4 is 16.0 Å². The van der Waals surface area contributed by atoms with Gasteiger partial charge in [-0.25, -0.2) is 14.6 Å². The van der Waals surface area contributed by atoms with E-state index in [1.54, 1.807) is 0 Å². The molecule has 0 aromatic carbocycles. The lowest BCUT2D eigenvalue weighted by Gasteiger charge is -2.32. The highest BCUT2D eigenvalue weighted by Gasteiger charge is 2.26. The Hall–Kier alpha value is -2.03. The summed E-state index contributed by atoms with van der Waals surface area (Å²) in [6, 6.07) is 0.0634. The van der Waals surface area contributed by atoms with Crippen LogP contribution in [0.4, 0.5) is 15.7 Å². The molecule has 24 heavy (non-hydrogen) atoms. The molecule has 0 unspecified atom stereocenters. The maximum Gasteiger partial charge on any atom is 0.407 e. The lowest BCUT2D eigenvalue weighted by molar-refractivity contribution is 0.0496. The molecule has 134 valence electrons. The lowest BCUT2D eigenvalue weighted by Crippen LogP contribution is -2.46. The summed E-state index contributed by atoms with van der Waals surface area (Å²) in [4.78, 5) is 30.0. The number of hydrogen-bond acceptors (Lipinski definition) is 8. The highest BCUT2D eigenvalue weighted by molar-refractivity contribution is 7.18. The molecular weight excluding hydrogens is 332 g/mol. The summed E-state index contributed by atoms with van der Waals surface area (Å²) in [5, 5.41) is 3.59. The van der Waals surface area contributed by atoms with Gasteiger partial charge in [-0.2, -0.15) is 0 Å². The van der Waals surface area contributed by atoms with E-state index >= 15 is 0 Å². The molecule has 0 radical (unpaired) electrons. The van der Waals surface area contributed by atoms with Gasteiger partial charge in [0.05, 0.1) is 7.11 Å². The van der Waals surface area contributed by atoms with Crippen molar-refractivity contribution in [3.8, 4) is 0 Å². The quantitative estimate of drug-likeness (QED) is 0.798. The van der Waals surface area contributed by atoms with Crippen molar-refractivity contribution >= 4 is 34.3 Å². The van der Waals surface area contributed by atoms with Crippen molar-refractivity contribution < 1.29 is 19.1 Å². The molecule has 0 spiro atoms. The second-order valence-corrected chi connectivity index (χ2v) is 7.59. The summed E-state index contributed by atoms with van der Waals surface area (Å²) >= 11 is 1.22. The number of methoxy groups -OCH3 is 1. The van der Waals surface area contributed by atoms with E-state index in [1.807, 2.05) is 20.8 Å². The molecule has 0 atom stereocenters. The number of aromatic nitrogens is 1. The fourth-order valence-electron chi connectivity index (χ4n) is 2.38. The third-order valence-corrected chi connectivity index (χ3v) is 4.61. The summed E-state index contributed by atoms with van der Waals surface area (Å²) in [5.74, 6) is -0.284. The van der Waals surface area contributed by atoms with Crippen LogP contribution in [0, 0.1) is 0 Å². The average molecular weight is 356 g/mol. The normalized spacial score (nSPS) is 15.9. The number of amides is 1. The predicted molar refractivity (Wildman–Crippen MR) is 92.5 cm³/mol. The Bertz CT molecular complexity index is 603. The molecule has 2 rings (SSSR count). The van der Waals surface area contributed by atoms with E-state index in [1.165, 1.54) is 18.4 Å². The maximum absolute atomic E-state index is 11.8. The Kier molecular flexibility index (Phi) is 5.53. The molecule has 0 saturated carbocycles. The molecule has 1 aliphatic rings. The van der Waals surface area contributed by atoms with Crippen LogP contribution in [0.1, 0.15) is 43.3 Å². The number of hydrogen-bond donors (Lipinski definition) is 2. The van der Waals surface area contributed by atoms with Crippen molar-refractivity contribution in [1.29, 1.82) is 0 Å². The minimum atomic E-state index is -0.506. The molecule has 1 saturated heterocycles. The Morgan fingerprint density at radius 3 is 2.50 bits per heavy atom. The molecule has 1 amide bonds. The van der Waals surface area contributed by atoms with Gasteiger partial charge in [0.2, 0.25) is 0 Å². The fourth-order valence-corrected chi connectivity index (χ4v) is 3.34. The van der Waals surface area contributed by atoms with E-state index in [0.717, 1.165) is 12.8 Å². The molecule has 1 aliphatic heterocycles. The van der Waals surface area contributed by atoms with Gasteiger partial charge in [-0.15, -0.1) is 0 Å². The molecular formula is C15H24N4O4S. The minimum Gasteiger partial charge on any atom is -0.465 e. The highest BCUT2D eigenvalue weighted by atomic mass is 32.1. The number of anilines is 2. The average Bonchev–Trinajstić information content (AvgIpc) is 2.87. The maximum atomic E-state index is 11.8. The van der Waals surface area contributed by atoms with Crippen LogP contribution in [0.15, 0.2) is 0 Å². The SMILES string of the molecule is COC(=O)c1sc(N2CCC(NC(=O)OC(C)(C)C)CC2)nc1N.